The number of phosphoric ester groups is 1. The number of aliphatic hydroxyl groups excluding tert-OH is 1. The lowest BCUT2D eigenvalue weighted by Crippen LogP contribution is -2.45. The molecule has 3 unspecified atom stereocenters. The summed E-state index contributed by atoms with van der Waals surface area (Å²) in [6, 6.07) is -0.846. The minimum Gasteiger partial charge on any atom is -0.387 e. The predicted molar refractivity (Wildman–Crippen MR) is 203 cm³/mol. The smallest absolute Gasteiger partial charge is 0.387 e. The van der Waals surface area contributed by atoms with Crippen LogP contribution in [0.1, 0.15) is 142 Å². The summed E-state index contributed by atoms with van der Waals surface area (Å²) in [6.07, 6.45) is 38.3. The number of nitrogens with zero attached hydrogens (tertiary/aromatic N) is 1. The summed E-state index contributed by atoms with van der Waals surface area (Å²) in [7, 11) is 1.55. The van der Waals surface area contributed by atoms with Gasteiger partial charge in [0.2, 0.25) is 5.91 Å². The van der Waals surface area contributed by atoms with Crippen LogP contribution in [0.25, 0.3) is 0 Å². The standard InChI is InChI=1S/C39H73N2O6P/c1-6-8-10-11-12-13-14-15-16-17-18-19-20-21-22-23-24-25-26-27-28-29-31-33-39(43)40-37(38(42)32-30-9-7-2)36-47-48(44,45)46-35-34-41(3,4)5/h14-15,17-18,20-21,30,32,37-38,42H,6-13,16,19,22-29,31,33-36H2,1-5H3,(H-,40,43,44,45)/p+1/b15-14-,18-17-,21-20-,32-30+. The summed E-state index contributed by atoms with van der Waals surface area (Å²) in [5, 5.41) is 13.4. The fourth-order valence-corrected chi connectivity index (χ4v) is 5.67. The molecule has 0 radical (unpaired) electrons. The molecule has 0 saturated carbocycles. The molecule has 0 rings (SSSR count). The number of phosphoric acid groups is 1. The Morgan fingerprint density at radius 1 is 0.708 bits per heavy atom. The van der Waals surface area contributed by atoms with Gasteiger partial charge in [0, 0.05) is 6.42 Å². The maximum atomic E-state index is 12.6. The highest BCUT2D eigenvalue weighted by Crippen LogP contribution is 2.43. The molecule has 0 saturated heterocycles. The molecule has 3 atom stereocenters. The number of likely N-dealkylation sites (N-methyl/N-ethyl adjacent to an activating group) is 1. The lowest BCUT2D eigenvalue weighted by molar-refractivity contribution is -0.870. The Bertz CT molecular complexity index is 928. The van der Waals surface area contributed by atoms with Crippen molar-refractivity contribution in [2.24, 2.45) is 0 Å². The lowest BCUT2D eigenvalue weighted by atomic mass is 10.1. The van der Waals surface area contributed by atoms with E-state index in [4.69, 9.17) is 9.05 Å². The molecule has 0 heterocycles. The minimum atomic E-state index is -4.31. The minimum absolute atomic E-state index is 0.0561. The quantitative estimate of drug-likeness (QED) is 0.0273. The van der Waals surface area contributed by atoms with E-state index in [1.165, 1.54) is 70.6 Å². The number of rotatable bonds is 33. The number of quaternary nitrogens is 1. The Morgan fingerprint density at radius 2 is 1.23 bits per heavy atom. The molecule has 0 bridgehead atoms. The van der Waals surface area contributed by atoms with Crippen molar-refractivity contribution in [3.05, 3.63) is 48.6 Å². The van der Waals surface area contributed by atoms with Crippen molar-refractivity contribution >= 4 is 13.7 Å². The highest BCUT2D eigenvalue weighted by Gasteiger charge is 2.27. The largest absolute Gasteiger partial charge is 0.472 e. The van der Waals surface area contributed by atoms with Crippen molar-refractivity contribution in [2.45, 2.75) is 154 Å². The molecule has 1 amide bonds. The van der Waals surface area contributed by atoms with E-state index in [2.05, 4.69) is 48.7 Å². The maximum Gasteiger partial charge on any atom is 0.472 e. The number of amides is 1. The Balaban J connectivity index is 4.05. The third kappa shape index (κ3) is 33.0. The average molecular weight is 698 g/mol. The van der Waals surface area contributed by atoms with E-state index in [0.29, 0.717) is 17.4 Å². The highest BCUT2D eigenvalue weighted by molar-refractivity contribution is 7.47. The molecule has 0 aromatic heterocycles. The second kappa shape index (κ2) is 31.4. The van der Waals surface area contributed by atoms with Crippen molar-refractivity contribution in [3.8, 4) is 0 Å². The van der Waals surface area contributed by atoms with Crippen LogP contribution in [0.4, 0.5) is 0 Å². The van der Waals surface area contributed by atoms with E-state index < -0.39 is 20.0 Å². The van der Waals surface area contributed by atoms with E-state index in [-0.39, 0.29) is 19.1 Å². The first kappa shape index (κ1) is 46.5. The number of hydrogen-bond acceptors (Lipinski definition) is 5. The molecular formula is C39H74N2O6P+. The fourth-order valence-electron chi connectivity index (χ4n) is 4.93. The molecule has 0 aromatic carbocycles. The third-order valence-electron chi connectivity index (χ3n) is 8.02. The molecule has 0 spiro atoms. The number of carbonyl (C=O) groups is 1. The monoisotopic (exact) mass is 698 g/mol. The first-order valence-electron chi connectivity index (χ1n) is 19.0. The summed E-state index contributed by atoms with van der Waals surface area (Å²) >= 11 is 0. The van der Waals surface area contributed by atoms with Crippen LogP contribution in [-0.4, -0.2) is 73.4 Å². The number of aliphatic hydroxyl groups is 1. The zero-order chi connectivity index (χ0) is 35.8. The number of unbranched alkanes of at least 4 members (excludes halogenated alkanes) is 14. The molecule has 48 heavy (non-hydrogen) atoms. The van der Waals surface area contributed by atoms with Crippen molar-refractivity contribution in [3.63, 3.8) is 0 Å². The Kier molecular flexibility index (Phi) is 30.4. The highest BCUT2D eigenvalue weighted by atomic mass is 31.2. The zero-order valence-electron chi connectivity index (χ0n) is 31.5. The van der Waals surface area contributed by atoms with Gasteiger partial charge in [0.1, 0.15) is 13.2 Å². The van der Waals surface area contributed by atoms with Gasteiger partial charge in [0.15, 0.2) is 0 Å². The van der Waals surface area contributed by atoms with Gasteiger partial charge in [-0.25, -0.2) is 4.57 Å². The summed E-state index contributed by atoms with van der Waals surface area (Å²) in [6.45, 7) is 4.55. The van der Waals surface area contributed by atoms with Crippen LogP contribution in [0.15, 0.2) is 48.6 Å². The number of carbonyl (C=O) groups excluding carboxylic acids is 1. The fraction of sp³-hybridized carbons (Fsp3) is 0.769. The van der Waals surface area contributed by atoms with Crippen molar-refractivity contribution in [1.29, 1.82) is 0 Å². The second-order valence-electron chi connectivity index (χ2n) is 13.9. The van der Waals surface area contributed by atoms with Gasteiger partial charge in [-0.2, -0.15) is 0 Å². The zero-order valence-corrected chi connectivity index (χ0v) is 32.4. The summed E-state index contributed by atoms with van der Waals surface area (Å²) < 4.78 is 23.1. The number of allylic oxidation sites excluding steroid dienone is 7. The van der Waals surface area contributed by atoms with Gasteiger partial charge in [-0.1, -0.05) is 133 Å². The summed E-state index contributed by atoms with van der Waals surface area (Å²) in [5.74, 6) is -0.200. The Hall–Kier alpha value is -1.54. The van der Waals surface area contributed by atoms with E-state index >= 15 is 0 Å². The van der Waals surface area contributed by atoms with Crippen molar-refractivity contribution in [1.82, 2.24) is 5.32 Å². The maximum absolute atomic E-state index is 12.6. The van der Waals surface area contributed by atoms with E-state index in [1.807, 2.05) is 34.1 Å². The Morgan fingerprint density at radius 3 is 1.77 bits per heavy atom. The van der Waals surface area contributed by atoms with Crippen LogP contribution in [0, 0.1) is 0 Å². The van der Waals surface area contributed by atoms with Crippen molar-refractivity contribution in [2.75, 3.05) is 40.9 Å². The first-order valence-corrected chi connectivity index (χ1v) is 20.5. The summed E-state index contributed by atoms with van der Waals surface area (Å²) in [4.78, 5) is 22.7. The van der Waals surface area contributed by atoms with E-state index in [9.17, 15) is 19.4 Å². The number of hydrogen-bond donors (Lipinski definition) is 3. The Labute approximate surface area is 295 Å². The normalized spacial score (nSPS) is 15.2. The molecule has 9 heteroatoms. The second-order valence-corrected chi connectivity index (χ2v) is 15.4. The van der Waals surface area contributed by atoms with E-state index in [0.717, 1.165) is 51.4 Å². The van der Waals surface area contributed by atoms with Crippen molar-refractivity contribution < 1.29 is 32.9 Å². The first-order chi connectivity index (χ1) is 23.0. The van der Waals surface area contributed by atoms with Gasteiger partial charge in [-0.05, 0) is 51.4 Å². The topological polar surface area (TPSA) is 105 Å². The van der Waals surface area contributed by atoms with Gasteiger partial charge in [-0.3, -0.25) is 13.8 Å². The van der Waals surface area contributed by atoms with Crippen LogP contribution in [-0.2, 0) is 18.4 Å². The molecule has 3 N–H and O–H groups in total. The molecular weight excluding hydrogens is 623 g/mol. The third-order valence-corrected chi connectivity index (χ3v) is 9.01. The SMILES string of the molecule is CCC/C=C/C(O)C(COP(=O)(O)OCC[N+](C)(C)C)NC(=O)CCCCCCCCCC/C=C\C/C=C\C/C=C\CCCCCCC. The molecule has 0 aliphatic rings. The summed E-state index contributed by atoms with van der Waals surface area (Å²) in [5.41, 5.74) is 0. The average Bonchev–Trinajstić information content (AvgIpc) is 3.02. The number of nitrogens with one attached hydrogen (secondary N) is 1. The van der Waals surface area contributed by atoms with Crippen LogP contribution < -0.4 is 5.32 Å². The van der Waals surface area contributed by atoms with Gasteiger partial charge >= 0.3 is 7.82 Å². The molecule has 0 aliphatic carbocycles. The van der Waals surface area contributed by atoms with Gasteiger partial charge in [-0.15, -0.1) is 0 Å². The van der Waals surface area contributed by atoms with E-state index in [1.54, 1.807) is 6.08 Å². The van der Waals surface area contributed by atoms with Crippen LogP contribution >= 0.6 is 7.82 Å². The van der Waals surface area contributed by atoms with Gasteiger partial charge in [0.25, 0.3) is 0 Å². The van der Waals surface area contributed by atoms with Crippen LogP contribution in [0.3, 0.4) is 0 Å². The predicted octanol–water partition coefficient (Wildman–Crippen LogP) is 9.74. The molecule has 8 nitrogen and oxygen atoms in total. The molecule has 280 valence electrons. The lowest BCUT2D eigenvalue weighted by Gasteiger charge is -2.25. The van der Waals surface area contributed by atoms with Gasteiger partial charge < -0.3 is 19.8 Å². The molecule has 0 aromatic rings. The molecule has 0 aliphatic heterocycles. The van der Waals surface area contributed by atoms with Crippen LogP contribution in [0.2, 0.25) is 0 Å². The molecule has 0 fully saturated rings. The van der Waals surface area contributed by atoms with Crippen LogP contribution in [0.5, 0.6) is 0 Å². The van der Waals surface area contributed by atoms with Gasteiger partial charge in [0.05, 0.1) is 39.9 Å².